The van der Waals surface area contributed by atoms with Crippen molar-refractivity contribution in [2.24, 2.45) is 5.73 Å². The Balaban J connectivity index is 2.42. The summed E-state index contributed by atoms with van der Waals surface area (Å²) in [4.78, 5) is 0.275. The van der Waals surface area contributed by atoms with Crippen molar-refractivity contribution in [1.82, 2.24) is 4.31 Å². The van der Waals surface area contributed by atoms with E-state index in [9.17, 15) is 8.42 Å². The number of hydrogen-bond donors (Lipinski definition) is 1. The van der Waals surface area contributed by atoms with Gasteiger partial charge in [0.05, 0.1) is 16.5 Å². The van der Waals surface area contributed by atoms with E-state index in [0.29, 0.717) is 24.2 Å². The van der Waals surface area contributed by atoms with Gasteiger partial charge in [0.25, 0.3) is 0 Å². The number of piperidine rings is 1. The standard InChI is InChI=1S/C14H19N3O2S/c1-11-8-12(9-15)5-6-14(11)20(18,19)17-7-3-2-4-13(17)10-16/h5-6,8,13H,2-4,7,10,16H2,1H3. The van der Waals surface area contributed by atoms with Crippen LogP contribution in [0.25, 0.3) is 0 Å². The molecule has 0 amide bonds. The summed E-state index contributed by atoms with van der Waals surface area (Å²) in [6, 6.07) is 6.56. The molecule has 1 unspecified atom stereocenters. The van der Waals surface area contributed by atoms with Crippen LogP contribution in [-0.2, 0) is 10.0 Å². The van der Waals surface area contributed by atoms with Crippen molar-refractivity contribution in [1.29, 1.82) is 5.26 Å². The van der Waals surface area contributed by atoms with Crippen LogP contribution in [0.3, 0.4) is 0 Å². The lowest BCUT2D eigenvalue weighted by Gasteiger charge is -2.34. The molecule has 0 saturated carbocycles. The van der Waals surface area contributed by atoms with Gasteiger partial charge in [0, 0.05) is 19.1 Å². The minimum Gasteiger partial charge on any atom is -0.329 e. The molecular formula is C14H19N3O2S. The minimum absolute atomic E-state index is 0.121. The summed E-state index contributed by atoms with van der Waals surface area (Å²) in [5.41, 5.74) is 6.77. The molecule has 0 bridgehead atoms. The van der Waals surface area contributed by atoms with Crippen LogP contribution in [0.4, 0.5) is 0 Å². The first-order valence-corrected chi connectivity index (χ1v) is 8.17. The highest BCUT2D eigenvalue weighted by Crippen LogP contribution is 2.27. The molecule has 2 rings (SSSR count). The van der Waals surface area contributed by atoms with Crippen LogP contribution in [0.5, 0.6) is 0 Å². The predicted molar refractivity (Wildman–Crippen MR) is 76.5 cm³/mol. The number of rotatable bonds is 3. The van der Waals surface area contributed by atoms with E-state index in [0.717, 1.165) is 19.3 Å². The van der Waals surface area contributed by atoms with Gasteiger partial charge in [-0.05, 0) is 43.5 Å². The van der Waals surface area contributed by atoms with Crippen molar-refractivity contribution < 1.29 is 8.42 Å². The molecule has 0 spiro atoms. The van der Waals surface area contributed by atoms with Gasteiger partial charge < -0.3 is 5.73 Å². The summed E-state index contributed by atoms with van der Waals surface area (Å²) >= 11 is 0. The van der Waals surface area contributed by atoms with Crippen molar-refractivity contribution in [3.8, 4) is 6.07 Å². The zero-order chi connectivity index (χ0) is 14.8. The molecule has 5 nitrogen and oxygen atoms in total. The molecule has 0 aromatic heterocycles. The average Bonchev–Trinajstić information content (AvgIpc) is 2.46. The molecule has 0 radical (unpaired) electrons. The van der Waals surface area contributed by atoms with Crippen LogP contribution in [-0.4, -0.2) is 31.9 Å². The number of nitriles is 1. The monoisotopic (exact) mass is 293 g/mol. The van der Waals surface area contributed by atoms with Crippen molar-refractivity contribution in [2.75, 3.05) is 13.1 Å². The van der Waals surface area contributed by atoms with Crippen LogP contribution in [0.2, 0.25) is 0 Å². The molecule has 1 aromatic rings. The lowest BCUT2D eigenvalue weighted by molar-refractivity contribution is 0.257. The number of aryl methyl sites for hydroxylation is 1. The zero-order valence-corrected chi connectivity index (χ0v) is 12.4. The van der Waals surface area contributed by atoms with Crippen LogP contribution >= 0.6 is 0 Å². The van der Waals surface area contributed by atoms with Crippen molar-refractivity contribution in [2.45, 2.75) is 37.1 Å². The first-order valence-electron chi connectivity index (χ1n) is 6.73. The van der Waals surface area contributed by atoms with Gasteiger partial charge in [-0.2, -0.15) is 9.57 Å². The molecule has 1 aliphatic heterocycles. The van der Waals surface area contributed by atoms with E-state index in [4.69, 9.17) is 11.0 Å². The van der Waals surface area contributed by atoms with Crippen LogP contribution in [0.15, 0.2) is 23.1 Å². The highest BCUT2D eigenvalue weighted by Gasteiger charge is 2.33. The topological polar surface area (TPSA) is 87.2 Å². The van der Waals surface area contributed by atoms with Crippen LogP contribution in [0, 0.1) is 18.3 Å². The fourth-order valence-corrected chi connectivity index (χ4v) is 4.57. The predicted octanol–water partition coefficient (Wildman–Crippen LogP) is 1.37. The average molecular weight is 293 g/mol. The molecule has 1 saturated heterocycles. The molecule has 20 heavy (non-hydrogen) atoms. The van der Waals surface area contributed by atoms with Gasteiger partial charge in [0.1, 0.15) is 0 Å². The Hall–Kier alpha value is -1.42. The normalized spacial score (nSPS) is 20.6. The maximum Gasteiger partial charge on any atom is 0.243 e. The molecule has 1 atom stereocenters. The maximum atomic E-state index is 12.8. The van der Waals surface area contributed by atoms with E-state index in [1.807, 2.05) is 6.07 Å². The largest absolute Gasteiger partial charge is 0.329 e. The summed E-state index contributed by atoms with van der Waals surface area (Å²) in [5, 5.41) is 8.86. The Morgan fingerprint density at radius 1 is 1.45 bits per heavy atom. The second-order valence-electron chi connectivity index (χ2n) is 5.09. The maximum absolute atomic E-state index is 12.8. The Kier molecular flexibility index (Phi) is 4.43. The molecule has 1 fully saturated rings. The van der Waals surface area contributed by atoms with Gasteiger partial charge in [-0.3, -0.25) is 0 Å². The highest BCUT2D eigenvalue weighted by molar-refractivity contribution is 7.89. The molecule has 0 aliphatic carbocycles. The highest BCUT2D eigenvalue weighted by atomic mass is 32.2. The molecule has 108 valence electrons. The Bertz CT molecular complexity index is 634. The lowest BCUT2D eigenvalue weighted by atomic mass is 10.1. The van der Waals surface area contributed by atoms with Crippen molar-refractivity contribution in [3.63, 3.8) is 0 Å². The SMILES string of the molecule is Cc1cc(C#N)ccc1S(=O)(=O)N1CCCCC1CN. The fraction of sp³-hybridized carbons (Fsp3) is 0.500. The Labute approximate surface area is 120 Å². The van der Waals surface area contributed by atoms with Gasteiger partial charge in [-0.1, -0.05) is 6.42 Å². The van der Waals surface area contributed by atoms with E-state index in [1.165, 1.54) is 10.4 Å². The van der Waals surface area contributed by atoms with Crippen LogP contribution < -0.4 is 5.73 Å². The molecule has 1 aromatic carbocycles. The number of hydrogen-bond acceptors (Lipinski definition) is 4. The summed E-state index contributed by atoms with van der Waals surface area (Å²) in [7, 11) is -3.54. The second-order valence-corrected chi connectivity index (χ2v) is 6.95. The van der Waals surface area contributed by atoms with Crippen molar-refractivity contribution in [3.05, 3.63) is 29.3 Å². The van der Waals surface area contributed by atoms with E-state index in [2.05, 4.69) is 0 Å². The van der Waals surface area contributed by atoms with Gasteiger partial charge in [-0.15, -0.1) is 0 Å². The Morgan fingerprint density at radius 2 is 2.20 bits per heavy atom. The summed E-state index contributed by atoms with van der Waals surface area (Å²) in [6.07, 6.45) is 2.69. The van der Waals surface area contributed by atoms with E-state index in [-0.39, 0.29) is 10.9 Å². The van der Waals surface area contributed by atoms with E-state index in [1.54, 1.807) is 19.1 Å². The third-order valence-corrected chi connectivity index (χ3v) is 5.85. The zero-order valence-electron chi connectivity index (χ0n) is 11.5. The third-order valence-electron chi connectivity index (χ3n) is 3.74. The smallest absolute Gasteiger partial charge is 0.243 e. The number of sulfonamides is 1. The lowest BCUT2D eigenvalue weighted by Crippen LogP contribution is -2.47. The summed E-state index contributed by atoms with van der Waals surface area (Å²) in [5.74, 6) is 0. The molecular weight excluding hydrogens is 274 g/mol. The molecule has 6 heteroatoms. The number of nitrogens with two attached hydrogens (primary N) is 1. The Morgan fingerprint density at radius 3 is 2.80 bits per heavy atom. The quantitative estimate of drug-likeness (QED) is 0.911. The first kappa shape index (κ1) is 15.0. The molecule has 1 heterocycles. The number of benzene rings is 1. The van der Waals surface area contributed by atoms with Gasteiger partial charge in [-0.25, -0.2) is 8.42 Å². The van der Waals surface area contributed by atoms with Gasteiger partial charge in [0.15, 0.2) is 0 Å². The minimum atomic E-state index is -3.54. The second kappa shape index (κ2) is 5.92. The number of nitrogens with zero attached hydrogens (tertiary/aromatic N) is 2. The van der Waals surface area contributed by atoms with Crippen molar-refractivity contribution >= 4 is 10.0 Å². The van der Waals surface area contributed by atoms with Gasteiger partial charge in [0.2, 0.25) is 10.0 Å². The molecule has 2 N–H and O–H groups in total. The summed E-state index contributed by atoms with van der Waals surface area (Å²) in [6.45, 7) is 2.58. The van der Waals surface area contributed by atoms with E-state index >= 15 is 0 Å². The van der Waals surface area contributed by atoms with Crippen LogP contribution in [0.1, 0.15) is 30.4 Å². The van der Waals surface area contributed by atoms with E-state index < -0.39 is 10.0 Å². The first-order chi connectivity index (χ1) is 9.50. The molecule has 1 aliphatic rings. The third kappa shape index (κ3) is 2.70. The van der Waals surface area contributed by atoms with Gasteiger partial charge >= 0.3 is 0 Å². The fourth-order valence-electron chi connectivity index (χ4n) is 2.66. The summed E-state index contributed by atoms with van der Waals surface area (Å²) < 4.78 is 27.0.